The van der Waals surface area contributed by atoms with Crippen molar-refractivity contribution < 1.29 is 23.7 Å². The number of allylic oxidation sites excluding steroid dienone is 2. The van der Waals surface area contributed by atoms with Crippen molar-refractivity contribution in [3.8, 4) is 23.6 Å². The average Bonchev–Trinajstić information content (AvgIpc) is 2.70. The van der Waals surface area contributed by atoms with Crippen LogP contribution in [0.3, 0.4) is 0 Å². The largest absolute Gasteiger partial charge is 0.493 e. The number of ether oxygens (including phenoxy) is 4. The SMILES string of the molecule is CCOC(=O)C1=C(C)OC(N)=C(C#N)C1c1ccc(OC)c(OCCCC#N)c1. The highest BCUT2D eigenvalue weighted by Gasteiger charge is 2.36. The van der Waals surface area contributed by atoms with E-state index < -0.39 is 11.9 Å². The highest BCUT2D eigenvalue weighted by molar-refractivity contribution is 5.92. The van der Waals surface area contributed by atoms with Gasteiger partial charge in [-0.25, -0.2) is 4.79 Å². The molecule has 0 spiro atoms. The number of nitrogens with zero attached hydrogens (tertiary/aromatic N) is 2. The molecule has 1 heterocycles. The third-order valence-electron chi connectivity index (χ3n) is 4.31. The summed E-state index contributed by atoms with van der Waals surface area (Å²) in [6, 6.07) is 9.21. The maximum atomic E-state index is 12.6. The van der Waals surface area contributed by atoms with Crippen molar-refractivity contribution >= 4 is 5.97 Å². The molecule has 29 heavy (non-hydrogen) atoms. The van der Waals surface area contributed by atoms with E-state index in [1.54, 1.807) is 32.0 Å². The lowest BCUT2D eigenvalue weighted by Gasteiger charge is -2.27. The summed E-state index contributed by atoms with van der Waals surface area (Å²) in [6.45, 7) is 3.80. The lowest BCUT2D eigenvalue weighted by Crippen LogP contribution is -2.25. The molecule has 1 unspecified atom stereocenters. The third kappa shape index (κ3) is 4.80. The molecular weight excluding hydrogens is 374 g/mol. The van der Waals surface area contributed by atoms with E-state index in [1.165, 1.54) is 7.11 Å². The van der Waals surface area contributed by atoms with Crippen LogP contribution in [0.2, 0.25) is 0 Å². The Labute approximate surface area is 169 Å². The molecule has 0 bridgehead atoms. The first kappa shape index (κ1) is 21.6. The molecule has 8 heteroatoms. The van der Waals surface area contributed by atoms with Crippen LogP contribution in [-0.4, -0.2) is 26.3 Å². The molecule has 0 saturated carbocycles. The Morgan fingerprint density at radius 1 is 1.31 bits per heavy atom. The number of nitriles is 2. The molecular formula is C21H23N3O5. The van der Waals surface area contributed by atoms with Crippen molar-refractivity contribution in [3.05, 3.63) is 46.6 Å². The number of esters is 1. The van der Waals surface area contributed by atoms with Crippen LogP contribution in [-0.2, 0) is 14.3 Å². The van der Waals surface area contributed by atoms with E-state index in [0.29, 0.717) is 36.5 Å². The van der Waals surface area contributed by atoms with E-state index in [0.717, 1.165) is 0 Å². The van der Waals surface area contributed by atoms with Gasteiger partial charge < -0.3 is 24.7 Å². The molecule has 2 rings (SSSR count). The standard InChI is InChI=1S/C21H23N3O5/c1-4-27-21(25)18-13(2)29-20(24)15(12-23)19(18)14-7-8-16(26-3)17(11-14)28-10-6-5-9-22/h7-8,11,19H,4-6,10,24H2,1-3H3. The zero-order valence-corrected chi connectivity index (χ0v) is 16.7. The number of nitrogens with two attached hydrogens (primary N) is 1. The Morgan fingerprint density at radius 2 is 2.07 bits per heavy atom. The second kappa shape index (κ2) is 10.0. The molecule has 0 aromatic heterocycles. The van der Waals surface area contributed by atoms with E-state index in [-0.39, 0.29) is 29.4 Å². The number of rotatable bonds is 8. The van der Waals surface area contributed by atoms with Gasteiger partial charge in [0.1, 0.15) is 17.4 Å². The van der Waals surface area contributed by atoms with E-state index >= 15 is 0 Å². The molecule has 8 nitrogen and oxygen atoms in total. The van der Waals surface area contributed by atoms with Crippen LogP contribution in [0.15, 0.2) is 41.0 Å². The van der Waals surface area contributed by atoms with Crippen molar-refractivity contribution in [2.24, 2.45) is 5.73 Å². The van der Waals surface area contributed by atoms with Crippen LogP contribution in [0.5, 0.6) is 11.5 Å². The van der Waals surface area contributed by atoms with Gasteiger partial charge in [0.15, 0.2) is 11.5 Å². The van der Waals surface area contributed by atoms with Gasteiger partial charge in [0.05, 0.1) is 37.9 Å². The number of methoxy groups -OCH3 is 1. The molecule has 2 N–H and O–H groups in total. The number of benzene rings is 1. The van der Waals surface area contributed by atoms with Crippen LogP contribution in [0, 0.1) is 22.7 Å². The first-order valence-electron chi connectivity index (χ1n) is 9.11. The second-order valence-corrected chi connectivity index (χ2v) is 6.14. The fourth-order valence-corrected chi connectivity index (χ4v) is 3.01. The third-order valence-corrected chi connectivity index (χ3v) is 4.31. The van der Waals surface area contributed by atoms with Crippen molar-refractivity contribution in [3.63, 3.8) is 0 Å². The van der Waals surface area contributed by atoms with Crippen molar-refractivity contribution in [1.29, 1.82) is 10.5 Å². The van der Waals surface area contributed by atoms with Crippen LogP contribution in [0.1, 0.15) is 38.2 Å². The van der Waals surface area contributed by atoms with Gasteiger partial charge in [0.2, 0.25) is 5.88 Å². The van der Waals surface area contributed by atoms with E-state index in [9.17, 15) is 10.1 Å². The Kier molecular flexibility index (Phi) is 7.50. The highest BCUT2D eigenvalue weighted by atomic mass is 16.5. The molecule has 1 aromatic carbocycles. The zero-order chi connectivity index (χ0) is 21.4. The van der Waals surface area contributed by atoms with Crippen LogP contribution in [0.4, 0.5) is 0 Å². The fourth-order valence-electron chi connectivity index (χ4n) is 3.01. The summed E-state index contributed by atoms with van der Waals surface area (Å²) >= 11 is 0. The van der Waals surface area contributed by atoms with Gasteiger partial charge >= 0.3 is 5.97 Å². The molecule has 1 aliphatic heterocycles. The Bertz CT molecular complexity index is 921. The number of carbonyl (C=O) groups is 1. The predicted molar refractivity (Wildman–Crippen MR) is 103 cm³/mol. The van der Waals surface area contributed by atoms with Crippen molar-refractivity contribution in [1.82, 2.24) is 0 Å². The van der Waals surface area contributed by atoms with Gasteiger partial charge in [0.25, 0.3) is 0 Å². The Balaban J connectivity index is 2.51. The topological polar surface area (TPSA) is 128 Å². The Morgan fingerprint density at radius 3 is 2.69 bits per heavy atom. The summed E-state index contributed by atoms with van der Waals surface area (Å²) in [6.07, 6.45) is 0.930. The molecule has 0 amide bonds. The molecule has 0 radical (unpaired) electrons. The lowest BCUT2D eigenvalue weighted by molar-refractivity contribution is -0.139. The summed E-state index contributed by atoms with van der Waals surface area (Å²) in [5, 5.41) is 18.3. The minimum atomic E-state index is -0.764. The molecule has 152 valence electrons. The van der Waals surface area contributed by atoms with Gasteiger partial charge in [-0.3, -0.25) is 0 Å². The minimum Gasteiger partial charge on any atom is -0.493 e. The number of unbranched alkanes of at least 4 members (excludes halogenated alkanes) is 1. The maximum absolute atomic E-state index is 12.6. The molecule has 1 aliphatic rings. The number of hydrogen-bond donors (Lipinski definition) is 1. The van der Waals surface area contributed by atoms with Crippen LogP contribution in [0.25, 0.3) is 0 Å². The lowest BCUT2D eigenvalue weighted by atomic mass is 9.83. The van der Waals surface area contributed by atoms with Crippen LogP contribution >= 0.6 is 0 Å². The fraction of sp³-hybridized carbons (Fsp3) is 0.381. The number of carbonyl (C=O) groups excluding carboxylic acids is 1. The van der Waals surface area contributed by atoms with Gasteiger partial charge in [0, 0.05) is 6.42 Å². The van der Waals surface area contributed by atoms with Gasteiger partial charge in [-0.1, -0.05) is 6.07 Å². The average molecular weight is 397 g/mol. The predicted octanol–water partition coefficient (Wildman–Crippen LogP) is 3.02. The smallest absolute Gasteiger partial charge is 0.338 e. The summed E-state index contributed by atoms with van der Waals surface area (Å²) in [7, 11) is 1.51. The normalized spacial score (nSPS) is 15.8. The molecule has 1 aromatic rings. The van der Waals surface area contributed by atoms with E-state index in [2.05, 4.69) is 6.07 Å². The molecule has 0 saturated heterocycles. The molecule has 1 atom stereocenters. The first-order chi connectivity index (χ1) is 14.0. The van der Waals surface area contributed by atoms with Gasteiger partial charge in [-0.15, -0.1) is 0 Å². The van der Waals surface area contributed by atoms with E-state index in [4.69, 9.17) is 29.9 Å². The number of hydrogen-bond acceptors (Lipinski definition) is 8. The van der Waals surface area contributed by atoms with Gasteiger partial charge in [-0.2, -0.15) is 10.5 Å². The molecule has 0 fully saturated rings. The summed E-state index contributed by atoms with van der Waals surface area (Å²) < 4.78 is 21.7. The second-order valence-electron chi connectivity index (χ2n) is 6.14. The monoisotopic (exact) mass is 397 g/mol. The summed E-state index contributed by atoms with van der Waals surface area (Å²) in [5.74, 6) is -0.201. The maximum Gasteiger partial charge on any atom is 0.338 e. The van der Waals surface area contributed by atoms with E-state index in [1.807, 2.05) is 6.07 Å². The van der Waals surface area contributed by atoms with Crippen LogP contribution < -0.4 is 15.2 Å². The van der Waals surface area contributed by atoms with Crippen molar-refractivity contribution in [2.45, 2.75) is 32.6 Å². The van der Waals surface area contributed by atoms with Crippen molar-refractivity contribution in [2.75, 3.05) is 20.3 Å². The zero-order valence-electron chi connectivity index (χ0n) is 16.7. The quantitative estimate of drug-likeness (QED) is 0.524. The summed E-state index contributed by atoms with van der Waals surface area (Å²) in [5.41, 5.74) is 6.83. The Hall–Kier alpha value is -3.65. The minimum absolute atomic E-state index is 0.0599. The summed E-state index contributed by atoms with van der Waals surface area (Å²) in [4.78, 5) is 12.6. The molecule has 0 aliphatic carbocycles. The first-order valence-corrected chi connectivity index (χ1v) is 9.11. The highest BCUT2D eigenvalue weighted by Crippen LogP contribution is 2.42. The van der Waals surface area contributed by atoms with Gasteiger partial charge in [-0.05, 0) is 38.0 Å².